The molecule has 0 atom stereocenters. The third-order valence-electron chi connectivity index (χ3n) is 5.64. The molecule has 1 aliphatic rings. The summed E-state index contributed by atoms with van der Waals surface area (Å²) in [6.07, 6.45) is 3.35. The lowest BCUT2D eigenvalue weighted by atomic mass is 10.1. The number of amides is 1. The Bertz CT molecular complexity index is 1210. The van der Waals surface area contributed by atoms with E-state index < -0.39 is 0 Å². The molecular weight excluding hydrogens is 396 g/mol. The van der Waals surface area contributed by atoms with Gasteiger partial charge in [0.1, 0.15) is 37.1 Å². The standard InChI is InChI=1S/C22H26N6O3/c1-3-6-24-21(29)16-13-17-20(25-18-5-4-15(2)14-28(18)22(17)30)27(19(16)23)8-7-26-9-11-31-12-10-26/h3-5,13-14,23H,1,6-12H2,2H3,(H,24,29)/p+2. The molecule has 1 amide bonds. The van der Waals surface area contributed by atoms with Crippen LogP contribution in [0.15, 0.2) is 41.8 Å². The Hall–Kier alpha value is -3.30. The molecule has 3 aromatic heterocycles. The van der Waals surface area contributed by atoms with E-state index in [9.17, 15) is 9.59 Å². The van der Waals surface area contributed by atoms with Crippen LogP contribution in [0.2, 0.25) is 0 Å². The van der Waals surface area contributed by atoms with Crippen LogP contribution in [0.3, 0.4) is 0 Å². The van der Waals surface area contributed by atoms with Crippen LogP contribution in [0.5, 0.6) is 0 Å². The van der Waals surface area contributed by atoms with Crippen molar-refractivity contribution in [2.75, 3.05) is 45.1 Å². The highest BCUT2D eigenvalue weighted by Crippen LogP contribution is 2.15. The van der Waals surface area contributed by atoms with Crippen molar-refractivity contribution in [1.29, 1.82) is 0 Å². The fourth-order valence-corrected chi connectivity index (χ4v) is 3.91. The average Bonchev–Trinajstić information content (AvgIpc) is 2.78. The number of aromatic nitrogens is 3. The van der Waals surface area contributed by atoms with Crippen molar-refractivity contribution in [3.05, 3.63) is 58.5 Å². The zero-order valence-corrected chi connectivity index (χ0v) is 17.7. The Balaban J connectivity index is 1.88. The number of hydrogen-bond acceptors (Lipinski definition) is 5. The molecule has 0 spiro atoms. The molecule has 1 saturated heterocycles. The number of aryl methyl sites for hydroxylation is 1. The van der Waals surface area contributed by atoms with E-state index in [1.807, 2.05) is 19.1 Å². The molecule has 0 aliphatic carbocycles. The van der Waals surface area contributed by atoms with E-state index in [0.29, 0.717) is 35.6 Å². The molecule has 0 saturated carbocycles. The highest BCUT2D eigenvalue weighted by molar-refractivity contribution is 6.00. The maximum absolute atomic E-state index is 13.3. The van der Waals surface area contributed by atoms with Crippen LogP contribution in [0, 0.1) is 6.92 Å². The quantitative estimate of drug-likeness (QED) is 0.263. The number of hydrogen-bond donors (Lipinski definition) is 3. The summed E-state index contributed by atoms with van der Waals surface area (Å²) >= 11 is 0. The van der Waals surface area contributed by atoms with Gasteiger partial charge in [0, 0.05) is 12.7 Å². The second-order valence-electron chi connectivity index (χ2n) is 7.79. The molecular formula is C22H28N6O3+2. The normalized spacial score (nSPS) is 14.7. The summed E-state index contributed by atoms with van der Waals surface area (Å²) in [4.78, 5) is 32.2. The molecule has 3 aromatic rings. The number of morpholine rings is 1. The molecule has 0 bridgehead atoms. The predicted octanol–water partition coefficient (Wildman–Crippen LogP) is -1.14. The Labute approximate surface area is 179 Å². The third kappa shape index (κ3) is 4.14. The molecule has 4 N–H and O–H groups in total. The van der Waals surface area contributed by atoms with Gasteiger partial charge >= 0.3 is 0 Å². The first-order valence-corrected chi connectivity index (χ1v) is 10.4. The zero-order valence-electron chi connectivity index (χ0n) is 17.7. The van der Waals surface area contributed by atoms with Crippen molar-refractivity contribution in [1.82, 2.24) is 14.7 Å². The minimum atomic E-state index is -0.347. The Morgan fingerprint density at radius 1 is 1.42 bits per heavy atom. The van der Waals surface area contributed by atoms with Gasteiger partial charge in [-0.3, -0.25) is 14.0 Å². The molecule has 1 fully saturated rings. The number of fused-ring (bicyclic) bond motifs is 2. The molecule has 4 heterocycles. The summed E-state index contributed by atoms with van der Waals surface area (Å²) in [6.45, 7) is 10.5. The molecule has 31 heavy (non-hydrogen) atoms. The average molecular weight is 425 g/mol. The molecule has 0 unspecified atom stereocenters. The Kier molecular flexibility index (Phi) is 5.97. The van der Waals surface area contributed by atoms with E-state index in [0.717, 1.165) is 38.4 Å². The second kappa shape index (κ2) is 8.83. The smallest absolute Gasteiger partial charge is 0.278 e. The van der Waals surface area contributed by atoms with E-state index in [1.54, 1.807) is 22.9 Å². The van der Waals surface area contributed by atoms with Crippen LogP contribution in [-0.2, 0) is 11.3 Å². The predicted molar refractivity (Wildman–Crippen MR) is 117 cm³/mol. The molecule has 1 aliphatic heterocycles. The van der Waals surface area contributed by atoms with Gasteiger partial charge in [0.2, 0.25) is 11.5 Å². The van der Waals surface area contributed by atoms with Crippen molar-refractivity contribution in [2.45, 2.75) is 13.5 Å². The number of quaternary nitrogens is 1. The van der Waals surface area contributed by atoms with Gasteiger partial charge in [0.05, 0.1) is 13.2 Å². The maximum Gasteiger partial charge on any atom is 0.278 e. The summed E-state index contributed by atoms with van der Waals surface area (Å²) in [5, 5.41) is 3.11. The molecule has 0 aromatic carbocycles. The van der Waals surface area contributed by atoms with Crippen molar-refractivity contribution in [3.8, 4) is 0 Å². The maximum atomic E-state index is 13.3. The van der Waals surface area contributed by atoms with Gasteiger partial charge in [-0.05, 0) is 24.6 Å². The van der Waals surface area contributed by atoms with Crippen molar-refractivity contribution >= 4 is 28.4 Å². The van der Waals surface area contributed by atoms with E-state index in [4.69, 9.17) is 15.5 Å². The highest BCUT2D eigenvalue weighted by atomic mass is 16.5. The van der Waals surface area contributed by atoms with Gasteiger partial charge in [-0.1, -0.05) is 17.1 Å². The molecule has 9 heteroatoms. The van der Waals surface area contributed by atoms with E-state index in [-0.39, 0.29) is 17.0 Å². The lowest BCUT2D eigenvalue weighted by Gasteiger charge is -2.23. The zero-order chi connectivity index (χ0) is 22.0. The Morgan fingerprint density at radius 2 is 2.19 bits per heavy atom. The number of nitrogens with zero attached hydrogens (tertiary/aromatic N) is 3. The van der Waals surface area contributed by atoms with Crippen molar-refractivity contribution in [3.63, 3.8) is 0 Å². The molecule has 162 valence electrons. The largest absolute Gasteiger partial charge is 0.370 e. The minimum Gasteiger partial charge on any atom is -0.370 e. The number of nitrogens with two attached hydrogens (primary N) is 1. The summed E-state index contributed by atoms with van der Waals surface area (Å²) in [5.41, 5.74) is 8.45. The van der Waals surface area contributed by atoms with Crippen LogP contribution >= 0.6 is 0 Å². The Morgan fingerprint density at radius 3 is 2.94 bits per heavy atom. The lowest BCUT2D eigenvalue weighted by Crippen LogP contribution is -3.14. The second-order valence-corrected chi connectivity index (χ2v) is 7.79. The summed E-state index contributed by atoms with van der Waals surface area (Å²) < 4.78 is 8.74. The number of nitrogens with one attached hydrogen (secondary N) is 2. The fourth-order valence-electron chi connectivity index (χ4n) is 3.91. The van der Waals surface area contributed by atoms with Gasteiger partial charge in [-0.25, -0.2) is 4.57 Å². The summed E-state index contributed by atoms with van der Waals surface area (Å²) in [7, 11) is 0. The topological polar surface area (TPSA) is 107 Å². The van der Waals surface area contributed by atoms with E-state index >= 15 is 0 Å². The van der Waals surface area contributed by atoms with Crippen LogP contribution in [0.25, 0.3) is 16.7 Å². The monoisotopic (exact) mass is 424 g/mol. The fraction of sp³-hybridized carbons (Fsp3) is 0.364. The molecule has 9 nitrogen and oxygen atoms in total. The van der Waals surface area contributed by atoms with Gasteiger partial charge in [-0.2, -0.15) is 0 Å². The molecule has 0 radical (unpaired) electrons. The first kappa shape index (κ1) is 21.0. The number of pyridine rings is 2. The van der Waals surface area contributed by atoms with Gasteiger partial charge in [0.25, 0.3) is 17.1 Å². The lowest BCUT2D eigenvalue weighted by molar-refractivity contribution is -0.923. The third-order valence-corrected chi connectivity index (χ3v) is 5.64. The van der Waals surface area contributed by atoms with E-state index in [2.05, 4.69) is 11.9 Å². The summed E-state index contributed by atoms with van der Waals surface area (Å²) in [5.74, 6) is -0.0504. The van der Waals surface area contributed by atoms with E-state index in [1.165, 1.54) is 9.30 Å². The van der Waals surface area contributed by atoms with Crippen LogP contribution < -0.4 is 26.1 Å². The van der Waals surface area contributed by atoms with Crippen LogP contribution in [0.4, 0.5) is 5.82 Å². The van der Waals surface area contributed by atoms with Gasteiger partial charge in [0.15, 0.2) is 0 Å². The van der Waals surface area contributed by atoms with Gasteiger partial charge < -0.3 is 20.7 Å². The number of rotatable bonds is 6. The minimum absolute atomic E-state index is 0.228. The first-order valence-electron chi connectivity index (χ1n) is 10.4. The number of carbonyl (C=O) groups is 1. The SMILES string of the molecule is C=CCNC(=O)c1cc2c(=O)n3cc(C)ccc3nc2[n+](CC[NH+]2CCOCC2)c1N. The summed E-state index contributed by atoms with van der Waals surface area (Å²) in [6, 6.07) is 5.27. The van der Waals surface area contributed by atoms with Crippen LogP contribution in [0.1, 0.15) is 15.9 Å². The highest BCUT2D eigenvalue weighted by Gasteiger charge is 2.25. The number of anilines is 1. The number of carbonyl (C=O) groups excluding carboxylic acids is 1. The van der Waals surface area contributed by atoms with Crippen molar-refractivity contribution in [2.24, 2.45) is 0 Å². The number of nitrogen functional groups attached to an aromatic ring is 1. The van der Waals surface area contributed by atoms with Crippen LogP contribution in [-0.4, -0.2) is 54.7 Å². The van der Waals surface area contributed by atoms with Gasteiger partial charge in [-0.15, -0.1) is 6.58 Å². The van der Waals surface area contributed by atoms with Crippen molar-refractivity contribution < 1.29 is 19.0 Å². The molecule has 4 rings (SSSR count). The first-order chi connectivity index (χ1) is 15.0. The number of ether oxygens (including phenoxy) is 1.